The van der Waals surface area contributed by atoms with E-state index in [-0.39, 0.29) is 30.0 Å². The van der Waals surface area contributed by atoms with Crippen molar-refractivity contribution in [3.63, 3.8) is 0 Å². The predicted molar refractivity (Wildman–Crippen MR) is 126 cm³/mol. The second kappa shape index (κ2) is 10.5. The molecule has 1 unspecified atom stereocenters. The van der Waals surface area contributed by atoms with Crippen LogP contribution in [0.5, 0.6) is 0 Å². The van der Waals surface area contributed by atoms with E-state index >= 15 is 0 Å². The molecule has 0 saturated carbocycles. The van der Waals surface area contributed by atoms with E-state index in [1.165, 1.54) is 22.0 Å². The summed E-state index contributed by atoms with van der Waals surface area (Å²) in [5, 5.41) is 12.4. The van der Waals surface area contributed by atoms with Crippen LogP contribution in [0.1, 0.15) is 17.2 Å². The fraction of sp³-hybridized carbons (Fsp3) is 0.400. The lowest BCUT2D eigenvalue weighted by atomic mass is 10.1. The van der Waals surface area contributed by atoms with Crippen molar-refractivity contribution < 1.29 is 0 Å². The molecule has 0 aliphatic carbocycles. The Morgan fingerprint density at radius 2 is 2.07 bits per heavy atom. The summed E-state index contributed by atoms with van der Waals surface area (Å²) in [7, 11) is 7.89. The maximum Gasteiger partial charge on any atom is 0.191 e. The van der Waals surface area contributed by atoms with Crippen molar-refractivity contribution in [3.8, 4) is 0 Å². The average Bonchev–Trinajstić information content (AvgIpc) is 3.27. The third-order valence-corrected chi connectivity index (χ3v) is 4.78. The van der Waals surface area contributed by atoms with Crippen molar-refractivity contribution in [2.45, 2.75) is 12.5 Å². The molecule has 152 valence electrons. The Labute approximate surface area is 183 Å². The summed E-state index contributed by atoms with van der Waals surface area (Å²) in [5.41, 5.74) is 3.68. The van der Waals surface area contributed by atoms with Crippen molar-refractivity contribution in [1.29, 1.82) is 0 Å². The van der Waals surface area contributed by atoms with Crippen molar-refractivity contribution >= 4 is 40.8 Å². The quantitative estimate of drug-likeness (QED) is 0.268. The first-order valence-electron chi connectivity index (χ1n) is 9.23. The molecule has 1 atom stereocenters. The first-order chi connectivity index (χ1) is 13.1. The van der Waals surface area contributed by atoms with Gasteiger partial charge >= 0.3 is 0 Å². The molecule has 0 aliphatic rings. The van der Waals surface area contributed by atoms with E-state index in [9.17, 15) is 0 Å². The third-order valence-electron chi connectivity index (χ3n) is 4.78. The summed E-state index contributed by atoms with van der Waals surface area (Å²) in [6.07, 6.45) is 7.00. The molecule has 0 radical (unpaired) electrons. The van der Waals surface area contributed by atoms with Gasteiger partial charge in [0, 0.05) is 56.0 Å². The van der Waals surface area contributed by atoms with Gasteiger partial charge in [0.05, 0.1) is 12.2 Å². The number of nitrogens with zero attached hydrogens (tertiary/aromatic N) is 4. The van der Waals surface area contributed by atoms with Crippen LogP contribution in [0.2, 0.25) is 0 Å². The number of guanidine groups is 1. The Bertz CT molecular complexity index is 897. The largest absolute Gasteiger partial charge is 0.361 e. The number of aromatic amines is 1. The van der Waals surface area contributed by atoms with Gasteiger partial charge in [-0.15, -0.1) is 24.0 Å². The molecule has 3 N–H and O–H groups in total. The van der Waals surface area contributed by atoms with Gasteiger partial charge in [-0.05, 0) is 32.1 Å². The summed E-state index contributed by atoms with van der Waals surface area (Å²) in [6.45, 7) is 1.58. The van der Waals surface area contributed by atoms with Gasteiger partial charge in [-0.2, -0.15) is 5.10 Å². The van der Waals surface area contributed by atoms with Gasteiger partial charge < -0.3 is 20.5 Å². The number of halogens is 1. The number of nitrogens with one attached hydrogen (secondary N) is 3. The fourth-order valence-electron chi connectivity index (χ4n) is 3.28. The van der Waals surface area contributed by atoms with Crippen LogP contribution in [-0.4, -0.2) is 59.9 Å². The van der Waals surface area contributed by atoms with Crippen LogP contribution in [-0.2, 0) is 13.5 Å². The van der Waals surface area contributed by atoms with E-state index in [0.29, 0.717) is 0 Å². The van der Waals surface area contributed by atoms with Crippen LogP contribution in [0.15, 0.2) is 47.8 Å². The molecule has 8 heteroatoms. The molecule has 0 saturated heterocycles. The molecule has 0 spiro atoms. The topological polar surface area (TPSA) is 73.3 Å². The summed E-state index contributed by atoms with van der Waals surface area (Å²) in [4.78, 5) is 9.86. The van der Waals surface area contributed by atoms with Crippen LogP contribution in [0, 0.1) is 0 Å². The van der Waals surface area contributed by atoms with Crippen LogP contribution in [0.25, 0.3) is 10.9 Å². The zero-order valence-corrected chi connectivity index (χ0v) is 19.3. The smallest absolute Gasteiger partial charge is 0.191 e. The minimum absolute atomic E-state index is 0. The minimum atomic E-state index is 0. The summed E-state index contributed by atoms with van der Waals surface area (Å²) in [6, 6.07) is 8.62. The van der Waals surface area contributed by atoms with Crippen LogP contribution in [0.4, 0.5) is 0 Å². The normalized spacial score (nSPS) is 12.8. The summed E-state index contributed by atoms with van der Waals surface area (Å²) in [5.74, 6) is 0.811. The van der Waals surface area contributed by atoms with Gasteiger partial charge in [0.1, 0.15) is 0 Å². The number of fused-ring (bicyclic) bond motifs is 1. The molecule has 2 heterocycles. The molecule has 3 aromatic rings. The zero-order chi connectivity index (χ0) is 19.2. The average molecular weight is 495 g/mol. The Morgan fingerprint density at radius 1 is 1.29 bits per heavy atom. The lowest BCUT2D eigenvalue weighted by molar-refractivity contribution is 0.298. The number of likely N-dealkylation sites (N-methyl/N-ethyl adjacent to an activating group) is 1. The van der Waals surface area contributed by atoms with Gasteiger partial charge in [0.2, 0.25) is 0 Å². The number of H-pyrrole nitrogens is 1. The SMILES string of the molecule is CN=C(NCCc1c[nH]c2ccccc12)NCC(c1cnn(C)c1)N(C)C.I. The van der Waals surface area contributed by atoms with E-state index < -0.39 is 0 Å². The first-order valence-corrected chi connectivity index (χ1v) is 9.23. The highest BCUT2D eigenvalue weighted by Crippen LogP contribution is 2.18. The van der Waals surface area contributed by atoms with Crippen LogP contribution < -0.4 is 10.6 Å². The number of benzene rings is 1. The number of hydrogen-bond acceptors (Lipinski definition) is 3. The van der Waals surface area contributed by atoms with Gasteiger partial charge in [-0.1, -0.05) is 18.2 Å². The highest BCUT2D eigenvalue weighted by atomic mass is 127. The molecular weight excluding hydrogens is 465 g/mol. The van der Waals surface area contributed by atoms with E-state index in [0.717, 1.165) is 25.5 Å². The van der Waals surface area contributed by atoms with Crippen LogP contribution in [0.3, 0.4) is 0 Å². The van der Waals surface area contributed by atoms with Gasteiger partial charge in [-0.3, -0.25) is 9.67 Å². The number of aryl methyl sites for hydroxylation is 1. The number of para-hydroxylation sites is 1. The summed E-state index contributed by atoms with van der Waals surface area (Å²) < 4.78 is 1.83. The molecule has 28 heavy (non-hydrogen) atoms. The number of rotatable bonds is 7. The fourth-order valence-corrected chi connectivity index (χ4v) is 3.28. The maximum atomic E-state index is 4.35. The minimum Gasteiger partial charge on any atom is -0.361 e. The van der Waals surface area contributed by atoms with Crippen molar-refractivity contribution in [1.82, 2.24) is 30.3 Å². The lowest BCUT2D eigenvalue weighted by Crippen LogP contribution is -2.42. The lowest BCUT2D eigenvalue weighted by Gasteiger charge is -2.24. The van der Waals surface area contributed by atoms with Crippen molar-refractivity contribution in [2.24, 2.45) is 12.0 Å². The second-order valence-corrected chi connectivity index (χ2v) is 6.92. The predicted octanol–water partition coefficient (Wildman–Crippen LogP) is 2.53. The van der Waals surface area contributed by atoms with Gasteiger partial charge in [0.25, 0.3) is 0 Å². The molecule has 0 amide bonds. The summed E-state index contributed by atoms with van der Waals surface area (Å²) >= 11 is 0. The Hall–Kier alpha value is -2.07. The standard InChI is InChI=1S/C20H29N7.HI/c1-21-20(24-13-19(26(2)3)16-12-25-27(4)14-16)22-10-9-15-11-23-18-8-6-5-7-17(15)18;/h5-8,11-12,14,19,23H,9-10,13H2,1-4H3,(H2,21,22,24);1H. The Kier molecular flexibility index (Phi) is 8.31. The molecule has 7 nitrogen and oxygen atoms in total. The Morgan fingerprint density at radius 3 is 2.75 bits per heavy atom. The molecular formula is C20H30IN7. The van der Waals surface area contributed by atoms with Crippen molar-refractivity contribution in [2.75, 3.05) is 34.2 Å². The number of aromatic nitrogens is 3. The van der Waals surface area contributed by atoms with Crippen molar-refractivity contribution in [3.05, 3.63) is 54.0 Å². The van der Waals surface area contributed by atoms with E-state index in [1.807, 2.05) is 17.9 Å². The van der Waals surface area contributed by atoms with E-state index in [1.54, 1.807) is 7.05 Å². The molecule has 0 aliphatic heterocycles. The first kappa shape index (κ1) is 22.2. The highest BCUT2D eigenvalue weighted by Gasteiger charge is 2.16. The van der Waals surface area contributed by atoms with Gasteiger partial charge in [0.15, 0.2) is 5.96 Å². The van der Waals surface area contributed by atoms with E-state index in [2.05, 4.69) is 81.4 Å². The highest BCUT2D eigenvalue weighted by molar-refractivity contribution is 14.0. The van der Waals surface area contributed by atoms with Crippen LogP contribution >= 0.6 is 24.0 Å². The monoisotopic (exact) mass is 495 g/mol. The molecule has 0 fully saturated rings. The van der Waals surface area contributed by atoms with Gasteiger partial charge in [-0.25, -0.2) is 0 Å². The van der Waals surface area contributed by atoms with E-state index in [4.69, 9.17) is 0 Å². The maximum absolute atomic E-state index is 4.35. The number of aliphatic imine (C=N–C) groups is 1. The second-order valence-electron chi connectivity index (χ2n) is 6.92. The molecule has 1 aromatic carbocycles. The molecule has 0 bridgehead atoms. The third kappa shape index (κ3) is 5.48. The molecule has 2 aromatic heterocycles. The number of hydrogen-bond donors (Lipinski definition) is 3. The molecule has 3 rings (SSSR count). The Balaban J connectivity index is 0.00000280. The zero-order valence-electron chi connectivity index (χ0n) is 16.9.